The first-order chi connectivity index (χ1) is 7.38. The van der Waals surface area contributed by atoms with Crippen LogP contribution in [-0.2, 0) is 10.0 Å². The second kappa shape index (κ2) is 4.18. The van der Waals surface area contributed by atoms with Crippen molar-refractivity contribution in [2.45, 2.75) is 5.16 Å². The Morgan fingerprint density at radius 3 is 2.56 bits per heavy atom. The lowest BCUT2D eigenvalue weighted by molar-refractivity contribution is 0.589. The molecule has 86 valence electrons. The number of nitrogens with one attached hydrogen (secondary N) is 1. The van der Waals surface area contributed by atoms with Crippen LogP contribution in [0.3, 0.4) is 0 Å². The Hall–Kier alpha value is -0.290. The summed E-state index contributed by atoms with van der Waals surface area (Å²) >= 11 is 8.07. The average molecular weight is 388 g/mol. The largest absolute Gasteiger partial charge is 0.273 e. The minimum atomic E-state index is -3.85. The summed E-state index contributed by atoms with van der Waals surface area (Å²) in [6.07, 6.45) is 0. The summed E-state index contributed by atoms with van der Waals surface area (Å²) < 4.78 is 23.7. The number of primary sulfonamides is 1. The van der Waals surface area contributed by atoms with E-state index < -0.39 is 10.0 Å². The molecule has 2 heterocycles. The first-order valence-corrected chi connectivity index (χ1v) is 7.73. The number of aromatic amines is 1. The maximum atomic E-state index is 11.0. The average Bonchev–Trinajstić information content (AvgIpc) is 2.70. The van der Waals surface area contributed by atoms with E-state index in [2.05, 4.69) is 47.0 Å². The van der Waals surface area contributed by atoms with Gasteiger partial charge in [-0.25, -0.2) is 18.7 Å². The number of sulfonamides is 1. The van der Waals surface area contributed by atoms with E-state index in [1.807, 2.05) is 0 Å². The molecule has 2 aromatic rings. The normalized spacial score (nSPS) is 11.9. The van der Waals surface area contributed by atoms with Crippen molar-refractivity contribution in [3.8, 4) is 11.4 Å². The van der Waals surface area contributed by atoms with Crippen LogP contribution in [0.1, 0.15) is 0 Å². The lowest BCUT2D eigenvalue weighted by Crippen LogP contribution is -2.13. The van der Waals surface area contributed by atoms with Crippen molar-refractivity contribution >= 4 is 53.2 Å². The lowest BCUT2D eigenvalue weighted by Gasteiger charge is -1.89. The molecule has 10 heteroatoms. The van der Waals surface area contributed by atoms with Crippen LogP contribution in [0.25, 0.3) is 11.4 Å². The highest BCUT2D eigenvalue weighted by atomic mass is 79.9. The fourth-order valence-electron chi connectivity index (χ4n) is 0.987. The molecule has 0 spiro atoms. The van der Waals surface area contributed by atoms with Gasteiger partial charge in [-0.15, -0.1) is 11.3 Å². The molecule has 0 saturated carbocycles. The van der Waals surface area contributed by atoms with Crippen LogP contribution >= 0.6 is 43.2 Å². The molecule has 0 bridgehead atoms. The molecule has 6 nitrogen and oxygen atoms in total. The van der Waals surface area contributed by atoms with E-state index in [0.717, 1.165) is 7.57 Å². The van der Waals surface area contributed by atoms with Crippen molar-refractivity contribution in [2.75, 3.05) is 0 Å². The summed E-state index contributed by atoms with van der Waals surface area (Å²) in [6, 6.07) is 1.78. The molecule has 0 aromatic carbocycles. The number of thiophene rings is 1. The van der Waals surface area contributed by atoms with Gasteiger partial charge in [0.2, 0.25) is 0 Å². The van der Waals surface area contributed by atoms with Crippen molar-refractivity contribution in [2.24, 2.45) is 5.14 Å². The zero-order valence-electron chi connectivity index (χ0n) is 7.44. The Labute approximate surface area is 112 Å². The number of nitrogens with two attached hydrogens (primary N) is 1. The highest BCUT2D eigenvalue weighted by molar-refractivity contribution is 9.12. The fourth-order valence-corrected chi connectivity index (χ4v) is 4.16. The summed E-state index contributed by atoms with van der Waals surface area (Å²) in [5.74, 6) is 0.276. The number of rotatable bonds is 2. The molecule has 0 aliphatic heterocycles. The van der Waals surface area contributed by atoms with E-state index in [-0.39, 0.29) is 11.0 Å². The van der Waals surface area contributed by atoms with Crippen LogP contribution in [0.5, 0.6) is 0 Å². The summed E-state index contributed by atoms with van der Waals surface area (Å²) in [5, 5.41) is 10.6. The number of aromatic nitrogens is 3. The van der Waals surface area contributed by atoms with Crippen molar-refractivity contribution in [1.29, 1.82) is 0 Å². The quantitative estimate of drug-likeness (QED) is 0.818. The van der Waals surface area contributed by atoms with E-state index in [4.69, 9.17) is 5.14 Å². The molecule has 0 saturated heterocycles. The third kappa shape index (κ3) is 2.35. The van der Waals surface area contributed by atoms with Gasteiger partial charge in [-0.2, -0.15) is 10.1 Å². The van der Waals surface area contributed by atoms with E-state index in [1.165, 1.54) is 11.3 Å². The molecule has 0 unspecified atom stereocenters. The van der Waals surface area contributed by atoms with Crippen LogP contribution in [0.2, 0.25) is 0 Å². The standard InChI is InChI=1S/C6H4Br2N4O2S2/c7-3-1-2(4(8)15-3)5-10-6(12-11-5)16(9,13)14/h1H,(H2,9,13,14)(H,10,11,12). The van der Waals surface area contributed by atoms with Crippen LogP contribution < -0.4 is 5.14 Å². The third-order valence-electron chi connectivity index (χ3n) is 1.63. The highest BCUT2D eigenvalue weighted by Gasteiger charge is 2.17. The number of halogens is 2. The molecule has 2 aromatic heterocycles. The van der Waals surface area contributed by atoms with Gasteiger partial charge in [0.05, 0.1) is 7.57 Å². The Bertz CT molecular complexity index is 633. The molecule has 0 aliphatic carbocycles. The maximum absolute atomic E-state index is 11.0. The van der Waals surface area contributed by atoms with Crippen molar-refractivity contribution in [3.05, 3.63) is 13.6 Å². The maximum Gasteiger partial charge on any atom is 0.273 e. The van der Waals surface area contributed by atoms with Gasteiger partial charge in [-0.3, -0.25) is 0 Å². The molecule has 0 radical (unpaired) electrons. The molecule has 0 fully saturated rings. The summed E-state index contributed by atoms with van der Waals surface area (Å²) in [5.41, 5.74) is 0.697. The minimum Gasteiger partial charge on any atom is -0.248 e. The van der Waals surface area contributed by atoms with Crippen molar-refractivity contribution < 1.29 is 8.42 Å². The molecule has 0 aliphatic rings. The monoisotopic (exact) mass is 386 g/mol. The number of hydrogen-bond donors (Lipinski definition) is 2. The van der Waals surface area contributed by atoms with Crippen molar-refractivity contribution in [3.63, 3.8) is 0 Å². The molecular formula is C6H4Br2N4O2S2. The smallest absolute Gasteiger partial charge is 0.248 e. The van der Waals surface area contributed by atoms with Gasteiger partial charge < -0.3 is 0 Å². The highest BCUT2D eigenvalue weighted by Crippen LogP contribution is 2.37. The molecule has 0 atom stereocenters. The number of H-pyrrole nitrogens is 1. The minimum absolute atomic E-state index is 0.276. The second-order valence-corrected chi connectivity index (χ2v) is 7.97. The molecule has 16 heavy (non-hydrogen) atoms. The predicted molar refractivity (Wildman–Crippen MR) is 66.5 cm³/mol. The third-order valence-corrected chi connectivity index (χ3v) is 4.69. The van der Waals surface area contributed by atoms with Crippen LogP contribution in [0.4, 0.5) is 0 Å². The summed E-state index contributed by atoms with van der Waals surface area (Å²) in [4.78, 5) is 3.80. The lowest BCUT2D eigenvalue weighted by atomic mass is 10.3. The summed E-state index contributed by atoms with van der Waals surface area (Å²) in [7, 11) is -3.85. The molecule has 2 rings (SSSR count). The van der Waals surface area contributed by atoms with E-state index in [9.17, 15) is 8.42 Å². The second-order valence-electron chi connectivity index (χ2n) is 2.75. The Morgan fingerprint density at radius 1 is 1.44 bits per heavy atom. The van der Waals surface area contributed by atoms with Gasteiger partial charge in [0.15, 0.2) is 5.82 Å². The Balaban J connectivity index is 2.51. The van der Waals surface area contributed by atoms with Gasteiger partial charge in [0.1, 0.15) is 0 Å². The predicted octanol–water partition coefficient (Wildman–Crippen LogP) is 1.71. The first-order valence-electron chi connectivity index (χ1n) is 3.78. The van der Waals surface area contributed by atoms with Gasteiger partial charge in [0.25, 0.3) is 15.2 Å². The number of nitrogens with zero attached hydrogens (tertiary/aromatic N) is 2. The van der Waals surface area contributed by atoms with E-state index in [1.54, 1.807) is 6.07 Å². The number of hydrogen-bond acceptors (Lipinski definition) is 5. The van der Waals surface area contributed by atoms with E-state index in [0.29, 0.717) is 5.56 Å². The van der Waals surface area contributed by atoms with Gasteiger partial charge in [0, 0.05) is 5.56 Å². The SMILES string of the molecule is NS(=O)(=O)c1nc(-c2cc(Br)sc2Br)n[nH]1. The molecule has 3 N–H and O–H groups in total. The van der Waals surface area contributed by atoms with E-state index >= 15 is 0 Å². The van der Waals surface area contributed by atoms with Gasteiger partial charge in [-0.05, 0) is 37.9 Å². The molecular weight excluding hydrogens is 384 g/mol. The van der Waals surface area contributed by atoms with Crippen LogP contribution in [0.15, 0.2) is 18.8 Å². The van der Waals surface area contributed by atoms with Gasteiger partial charge >= 0.3 is 0 Å². The fraction of sp³-hybridized carbons (Fsp3) is 0. The Kier molecular flexibility index (Phi) is 3.18. The van der Waals surface area contributed by atoms with Crippen LogP contribution in [-0.4, -0.2) is 23.6 Å². The first kappa shape index (κ1) is 12.2. The Morgan fingerprint density at radius 2 is 2.12 bits per heavy atom. The topological polar surface area (TPSA) is 102 Å². The van der Waals surface area contributed by atoms with Gasteiger partial charge in [-0.1, -0.05) is 0 Å². The van der Waals surface area contributed by atoms with Crippen LogP contribution in [0, 0.1) is 0 Å². The zero-order chi connectivity index (χ0) is 11.9. The zero-order valence-corrected chi connectivity index (χ0v) is 12.2. The molecule has 0 amide bonds. The summed E-state index contributed by atoms with van der Waals surface area (Å²) in [6.45, 7) is 0. The van der Waals surface area contributed by atoms with Crippen molar-refractivity contribution in [1.82, 2.24) is 15.2 Å².